The van der Waals surface area contributed by atoms with Crippen LogP contribution in [0.2, 0.25) is 0 Å². The minimum atomic E-state index is -0.300. The third-order valence-electron chi connectivity index (χ3n) is 3.30. The fraction of sp³-hybridized carbons (Fsp3) is 0.333. The van der Waals surface area contributed by atoms with E-state index in [1.807, 2.05) is 4.68 Å². The Hall–Kier alpha value is -1.75. The average molecular weight is 291 g/mol. The van der Waals surface area contributed by atoms with Crippen LogP contribution in [0.5, 0.6) is 0 Å². The Kier molecular flexibility index (Phi) is 4.49. The molecule has 1 aromatic carbocycles. The summed E-state index contributed by atoms with van der Waals surface area (Å²) in [5.41, 5.74) is 8.78. The van der Waals surface area contributed by atoms with Crippen LogP contribution < -0.4 is 5.73 Å². The van der Waals surface area contributed by atoms with Crippen molar-refractivity contribution < 1.29 is 4.39 Å². The van der Waals surface area contributed by atoms with Crippen molar-refractivity contribution in [1.82, 2.24) is 9.78 Å². The van der Waals surface area contributed by atoms with E-state index in [0.29, 0.717) is 17.7 Å². The summed E-state index contributed by atoms with van der Waals surface area (Å²) < 4.78 is 15.9. The Morgan fingerprint density at radius 3 is 2.60 bits per heavy atom. The summed E-state index contributed by atoms with van der Waals surface area (Å²) in [6, 6.07) is 6.92. The van der Waals surface area contributed by atoms with E-state index in [1.54, 1.807) is 12.1 Å². The molecular formula is C15H18FN3S. The topological polar surface area (TPSA) is 43.8 Å². The monoisotopic (exact) mass is 291 g/mol. The number of nitrogens with zero attached hydrogens (tertiary/aromatic N) is 2. The van der Waals surface area contributed by atoms with Crippen LogP contribution in [-0.4, -0.2) is 14.8 Å². The Balaban J connectivity index is 2.30. The minimum Gasteiger partial charge on any atom is -0.389 e. The van der Waals surface area contributed by atoms with Crippen LogP contribution in [0, 0.1) is 5.82 Å². The van der Waals surface area contributed by atoms with E-state index in [0.717, 1.165) is 24.2 Å². The molecule has 2 N–H and O–H groups in total. The molecule has 0 saturated carbocycles. The molecular weight excluding hydrogens is 273 g/mol. The van der Waals surface area contributed by atoms with Crippen LogP contribution in [0.3, 0.4) is 0 Å². The molecule has 0 aliphatic heterocycles. The van der Waals surface area contributed by atoms with Gasteiger partial charge in [-0.05, 0) is 25.0 Å². The van der Waals surface area contributed by atoms with Gasteiger partial charge < -0.3 is 5.73 Å². The lowest BCUT2D eigenvalue weighted by atomic mass is 10.1. The highest BCUT2D eigenvalue weighted by molar-refractivity contribution is 7.80. The normalized spacial score (nSPS) is 10.8. The summed E-state index contributed by atoms with van der Waals surface area (Å²) >= 11 is 4.85. The molecule has 2 aromatic rings. The van der Waals surface area contributed by atoms with E-state index < -0.39 is 0 Å². The van der Waals surface area contributed by atoms with Gasteiger partial charge in [0.15, 0.2) is 0 Å². The first-order valence-electron chi connectivity index (χ1n) is 6.69. The number of nitrogens with two attached hydrogens (primary N) is 1. The molecule has 1 aromatic heterocycles. The van der Waals surface area contributed by atoms with E-state index in [4.69, 9.17) is 18.0 Å². The molecule has 106 valence electrons. The fourth-order valence-electron chi connectivity index (χ4n) is 2.10. The van der Waals surface area contributed by atoms with Crippen LogP contribution in [0.15, 0.2) is 24.3 Å². The summed E-state index contributed by atoms with van der Waals surface area (Å²) in [5.74, 6) is -0.300. The quantitative estimate of drug-likeness (QED) is 0.862. The number of halogens is 1. The molecule has 5 heteroatoms. The number of hydrogen-bond donors (Lipinski definition) is 1. The first-order valence-corrected chi connectivity index (χ1v) is 7.09. The van der Waals surface area contributed by atoms with Crippen molar-refractivity contribution in [3.05, 3.63) is 52.6 Å². The zero-order valence-electron chi connectivity index (χ0n) is 11.7. The second kappa shape index (κ2) is 6.13. The predicted molar refractivity (Wildman–Crippen MR) is 82.4 cm³/mol. The van der Waals surface area contributed by atoms with Gasteiger partial charge in [-0.3, -0.25) is 4.68 Å². The molecule has 0 spiro atoms. The number of thiocarbonyl (C=S) groups is 1. The third-order valence-corrected chi connectivity index (χ3v) is 3.53. The van der Waals surface area contributed by atoms with Crippen molar-refractivity contribution in [3.63, 3.8) is 0 Å². The van der Waals surface area contributed by atoms with Gasteiger partial charge >= 0.3 is 0 Å². The smallest absolute Gasteiger partial charge is 0.128 e. The van der Waals surface area contributed by atoms with E-state index in [2.05, 4.69) is 25.0 Å². The predicted octanol–water partition coefficient (Wildman–Crippen LogP) is 2.83. The van der Waals surface area contributed by atoms with Gasteiger partial charge in [0.25, 0.3) is 0 Å². The van der Waals surface area contributed by atoms with Gasteiger partial charge in [-0.25, -0.2) is 4.39 Å². The molecule has 0 radical (unpaired) electrons. The van der Waals surface area contributed by atoms with Crippen molar-refractivity contribution in [2.75, 3.05) is 0 Å². The number of rotatable bonds is 5. The summed E-state index contributed by atoms with van der Waals surface area (Å²) in [6.07, 6.45) is 1.75. The standard InChI is InChI=1S/C15H18FN3S/c1-3-12-8-13(4-2)19(18-12)9-11-6-5-10(15(17)20)7-14(11)16/h5-8H,3-4,9H2,1-2H3,(H2,17,20). The van der Waals surface area contributed by atoms with Gasteiger partial charge in [-0.1, -0.05) is 38.2 Å². The highest BCUT2D eigenvalue weighted by Crippen LogP contribution is 2.14. The van der Waals surface area contributed by atoms with Gasteiger partial charge in [-0.2, -0.15) is 5.10 Å². The lowest BCUT2D eigenvalue weighted by Gasteiger charge is -2.08. The van der Waals surface area contributed by atoms with Gasteiger partial charge in [0.2, 0.25) is 0 Å². The van der Waals surface area contributed by atoms with E-state index >= 15 is 0 Å². The maximum atomic E-state index is 14.1. The van der Waals surface area contributed by atoms with E-state index in [-0.39, 0.29) is 10.8 Å². The molecule has 2 rings (SSSR count). The maximum absolute atomic E-state index is 14.1. The lowest BCUT2D eigenvalue weighted by molar-refractivity contribution is 0.573. The number of hydrogen-bond acceptors (Lipinski definition) is 2. The highest BCUT2D eigenvalue weighted by Gasteiger charge is 2.10. The fourth-order valence-corrected chi connectivity index (χ4v) is 2.23. The molecule has 3 nitrogen and oxygen atoms in total. The molecule has 0 saturated heterocycles. The zero-order chi connectivity index (χ0) is 14.7. The van der Waals surface area contributed by atoms with Crippen LogP contribution in [0.4, 0.5) is 4.39 Å². The summed E-state index contributed by atoms with van der Waals surface area (Å²) in [6.45, 7) is 4.55. The first kappa shape index (κ1) is 14.7. The molecule has 0 aliphatic carbocycles. The first-order chi connectivity index (χ1) is 9.55. The summed E-state index contributed by atoms with van der Waals surface area (Å²) in [7, 11) is 0. The van der Waals surface area contributed by atoms with Crippen molar-refractivity contribution in [1.29, 1.82) is 0 Å². The minimum absolute atomic E-state index is 0.206. The van der Waals surface area contributed by atoms with Gasteiger partial charge in [0.1, 0.15) is 10.8 Å². The molecule has 20 heavy (non-hydrogen) atoms. The lowest BCUT2D eigenvalue weighted by Crippen LogP contribution is -2.12. The average Bonchev–Trinajstić information content (AvgIpc) is 2.83. The maximum Gasteiger partial charge on any atom is 0.128 e. The van der Waals surface area contributed by atoms with Crippen molar-refractivity contribution in [3.8, 4) is 0 Å². The SMILES string of the molecule is CCc1cc(CC)n(Cc2ccc(C(N)=S)cc2F)n1. The Morgan fingerprint density at radius 1 is 1.30 bits per heavy atom. The number of aromatic nitrogens is 2. The third kappa shape index (κ3) is 3.04. The second-order valence-corrected chi connectivity index (χ2v) is 5.10. The molecule has 1 heterocycles. The molecule has 0 bridgehead atoms. The Labute approximate surface area is 123 Å². The summed E-state index contributed by atoms with van der Waals surface area (Å²) in [4.78, 5) is 0.206. The number of benzene rings is 1. The van der Waals surface area contributed by atoms with Gasteiger partial charge in [0, 0.05) is 16.8 Å². The van der Waals surface area contributed by atoms with Crippen molar-refractivity contribution in [2.45, 2.75) is 33.2 Å². The molecule has 0 aliphatic rings. The molecule has 0 unspecified atom stereocenters. The van der Waals surface area contributed by atoms with Crippen LogP contribution in [-0.2, 0) is 19.4 Å². The number of aryl methyl sites for hydroxylation is 2. The zero-order valence-corrected chi connectivity index (χ0v) is 12.5. The van der Waals surface area contributed by atoms with Gasteiger partial charge in [0.05, 0.1) is 12.2 Å². The van der Waals surface area contributed by atoms with Crippen molar-refractivity contribution >= 4 is 17.2 Å². The highest BCUT2D eigenvalue weighted by atomic mass is 32.1. The van der Waals surface area contributed by atoms with E-state index in [9.17, 15) is 4.39 Å². The molecule has 0 amide bonds. The van der Waals surface area contributed by atoms with Crippen molar-refractivity contribution in [2.24, 2.45) is 5.73 Å². The second-order valence-electron chi connectivity index (χ2n) is 4.66. The molecule has 0 fully saturated rings. The van der Waals surface area contributed by atoms with Gasteiger partial charge in [-0.15, -0.1) is 0 Å². The largest absolute Gasteiger partial charge is 0.389 e. The summed E-state index contributed by atoms with van der Waals surface area (Å²) in [5, 5.41) is 4.49. The molecule has 0 atom stereocenters. The Bertz CT molecular complexity index is 634. The van der Waals surface area contributed by atoms with Crippen LogP contribution in [0.1, 0.15) is 36.4 Å². The van der Waals surface area contributed by atoms with E-state index in [1.165, 1.54) is 6.07 Å². The van der Waals surface area contributed by atoms with Crippen LogP contribution in [0.25, 0.3) is 0 Å². The Morgan fingerprint density at radius 2 is 2.05 bits per heavy atom. The van der Waals surface area contributed by atoms with Crippen LogP contribution >= 0.6 is 12.2 Å².